The van der Waals surface area contributed by atoms with Crippen molar-refractivity contribution in [3.8, 4) is 0 Å². The third-order valence-corrected chi connectivity index (χ3v) is 6.34. The molecule has 1 aliphatic heterocycles. The summed E-state index contributed by atoms with van der Waals surface area (Å²) in [5.41, 5.74) is 0.546. The van der Waals surface area contributed by atoms with E-state index < -0.39 is 10.0 Å². The van der Waals surface area contributed by atoms with Crippen LogP contribution in [0.2, 0.25) is 0 Å². The molecule has 1 N–H and O–H groups in total. The van der Waals surface area contributed by atoms with Gasteiger partial charge in [0.25, 0.3) is 0 Å². The molecule has 1 aromatic rings. The number of rotatable bonds is 4. The largest absolute Gasteiger partial charge is 0.326 e. The lowest BCUT2D eigenvalue weighted by atomic mass is 9.93. The molecular formula is C17H22N2O3S. The lowest BCUT2D eigenvalue weighted by Crippen LogP contribution is -2.28. The maximum atomic E-state index is 12.6. The standard InChI is InChI=1S/C17H22N2O3S/c20-17(14-7-2-1-3-8-14)18-15-9-6-10-16(13-15)23(21,22)19-11-4-5-12-19/h1-2,6,9-10,13-14H,3-5,7-8,11-12H2,(H,18,20)/t14-/m1/s1. The molecule has 5 nitrogen and oxygen atoms in total. The Bertz CT molecular complexity index is 706. The SMILES string of the molecule is O=C(Nc1cccc(S(=O)(=O)N2CCCC2)c1)[C@@H]1CC=CCC1. The molecule has 0 saturated carbocycles. The van der Waals surface area contributed by atoms with Gasteiger partial charge in [-0.1, -0.05) is 18.2 Å². The quantitative estimate of drug-likeness (QED) is 0.861. The number of amides is 1. The fourth-order valence-corrected chi connectivity index (χ4v) is 4.65. The average Bonchev–Trinajstić information content (AvgIpc) is 3.11. The monoisotopic (exact) mass is 334 g/mol. The van der Waals surface area contributed by atoms with Gasteiger partial charge in [-0.05, 0) is 50.3 Å². The Balaban J connectivity index is 1.74. The first-order valence-electron chi connectivity index (χ1n) is 8.13. The van der Waals surface area contributed by atoms with E-state index in [0.29, 0.717) is 18.8 Å². The van der Waals surface area contributed by atoms with E-state index >= 15 is 0 Å². The summed E-state index contributed by atoms with van der Waals surface area (Å²) in [5, 5.41) is 2.86. The van der Waals surface area contributed by atoms with Crippen LogP contribution in [0.3, 0.4) is 0 Å². The minimum absolute atomic E-state index is 0.0288. The first kappa shape index (κ1) is 16.2. The van der Waals surface area contributed by atoms with Crippen LogP contribution in [-0.4, -0.2) is 31.7 Å². The summed E-state index contributed by atoms with van der Waals surface area (Å²) >= 11 is 0. The minimum atomic E-state index is -3.45. The molecule has 0 unspecified atom stereocenters. The van der Waals surface area contributed by atoms with E-state index in [4.69, 9.17) is 0 Å². The third-order valence-electron chi connectivity index (χ3n) is 4.44. The van der Waals surface area contributed by atoms with Gasteiger partial charge in [0.1, 0.15) is 0 Å². The second-order valence-electron chi connectivity index (χ2n) is 6.11. The lowest BCUT2D eigenvalue weighted by molar-refractivity contribution is -0.120. The molecule has 0 radical (unpaired) electrons. The van der Waals surface area contributed by atoms with Gasteiger partial charge in [-0.3, -0.25) is 4.79 Å². The Kier molecular flexibility index (Phi) is 4.82. The Morgan fingerprint density at radius 2 is 1.96 bits per heavy atom. The third kappa shape index (κ3) is 3.64. The Labute approximate surface area is 137 Å². The Morgan fingerprint density at radius 1 is 1.17 bits per heavy atom. The molecule has 6 heteroatoms. The van der Waals surface area contributed by atoms with Crippen LogP contribution < -0.4 is 5.32 Å². The van der Waals surface area contributed by atoms with Gasteiger partial charge >= 0.3 is 0 Å². The van der Waals surface area contributed by atoms with Crippen LogP contribution in [0, 0.1) is 5.92 Å². The first-order valence-corrected chi connectivity index (χ1v) is 9.57. The van der Waals surface area contributed by atoms with Crippen molar-refractivity contribution in [3.05, 3.63) is 36.4 Å². The van der Waals surface area contributed by atoms with Gasteiger partial charge in [-0.15, -0.1) is 0 Å². The highest BCUT2D eigenvalue weighted by Gasteiger charge is 2.27. The van der Waals surface area contributed by atoms with Crippen LogP contribution in [-0.2, 0) is 14.8 Å². The molecule has 1 aromatic carbocycles. The number of anilines is 1. The van der Waals surface area contributed by atoms with Crippen LogP contribution in [0.15, 0.2) is 41.3 Å². The zero-order valence-electron chi connectivity index (χ0n) is 13.1. The topological polar surface area (TPSA) is 66.5 Å². The molecule has 1 fully saturated rings. The summed E-state index contributed by atoms with van der Waals surface area (Å²) in [6, 6.07) is 6.57. The number of nitrogens with zero attached hydrogens (tertiary/aromatic N) is 1. The van der Waals surface area contributed by atoms with Crippen LogP contribution in [0.25, 0.3) is 0 Å². The maximum absolute atomic E-state index is 12.6. The predicted octanol–water partition coefficient (Wildman–Crippen LogP) is 2.77. The number of hydrogen-bond donors (Lipinski definition) is 1. The molecular weight excluding hydrogens is 312 g/mol. The number of benzene rings is 1. The van der Waals surface area contributed by atoms with Gasteiger partial charge in [-0.25, -0.2) is 8.42 Å². The zero-order chi connectivity index (χ0) is 16.3. The van der Waals surface area contributed by atoms with Crippen LogP contribution in [0.1, 0.15) is 32.1 Å². The smallest absolute Gasteiger partial charge is 0.243 e. The summed E-state index contributed by atoms with van der Waals surface area (Å²) in [6.07, 6.45) is 8.44. The van der Waals surface area contributed by atoms with Crippen molar-refractivity contribution in [2.75, 3.05) is 18.4 Å². The van der Waals surface area contributed by atoms with Crippen molar-refractivity contribution < 1.29 is 13.2 Å². The molecule has 124 valence electrons. The second-order valence-corrected chi connectivity index (χ2v) is 8.05. The first-order chi connectivity index (χ1) is 11.1. The van der Waals surface area contributed by atoms with Gasteiger partial charge in [0.2, 0.25) is 15.9 Å². The van der Waals surface area contributed by atoms with E-state index in [2.05, 4.69) is 11.4 Å². The molecule has 1 amide bonds. The average molecular weight is 334 g/mol. The summed E-state index contributed by atoms with van der Waals surface area (Å²) in [4.78, 5) is 12.5. The molecule has 2 aliphatic rings. The molecule has 0 bridgehead atoms. The highest BCUT2D eigenvalue weighted by Crippen LogP contribution is 2.24. The fraction of sp³-hybridized carbons (Fsp3) is 0.471. The van der Waals surface area contributed by atoms with E-state index in [1.807, 2.05) is 6.08 Å². The van der Waals surface area contributed by atoms with Crippen LogP contribution in [0.5, 0.6) is 0 Å². The summed E-state index contributed by atoms with van der Waals surface area (Å²) in [5.74, 6) is -0.0658. The Morgan fingerprint density at radius 3 is 2.65 bits per heavy atom. The van der Waals surface area contributed by atoms with Crippen molar-refractivity contribution in [1.82, 2.24) is 4.31 Å². The number of carbonyl (C=O) groups excluding carboxylic acids is 1. The molecule has 1 saturated heterocycles. The molecule has 1 aliphatic carbocycles. The van der Waals surface area contributed by atoms with Gasteiger partial charge < -0.3 is 5.32 Å². The summed E-state index contributed by atoms with van der Waals surface area (Å²) < 4.78 is 26.7. The highest BCUT2D eigenvalue weighted by molar-refractivity contribution is 7.89. The van der Waals surface area contributed by atoms with Gasteiger partial charge in [-0.2, -0.15) is 4.31 Å². The van der Waals surface area contributed by atoms with Crippen molar-refractivity contribution in [2.45, 2.75) is 37.0 Å². The molecule has 23 heavy (non-hydrogen) atoms. The lowest BCUT2D eigenvalue weighted by Gasteiger charge is -2.18. The Hall–Kier alpha value is -1.66. The maximum Gasteiger partial charge on any atom is 0.243 e. The molecule has 3 rings (SSSR count). The zero-order valence-corrected chi connectivity index (χ0v) is 13.9. The van der Waals surface area contributed by atoms with Crippen LogP contribution >= 0.6 is 0 Å². The minimum Gasteiger partial charge on any atom is -0.326 e. The second kappa shape index (κ2) is 6.84. The summed E-state index contributed by atoms with van der Waals surface area (Å²) in [6.45, 7) is 1.15. The number of hydrogen-bond acceptors (Lipinski definition) is 3. The predicted molar refractivity (Wildman–Crippen MR) is 89.5 cm³/mol. The van der Waals surface area contributed by atoms with Gasteiger partial charge in [0.15, 0.2) is 0 Å². The normalized spacial score (nSPS) is 22.2. The van der Waals surface area contributed by atoms with Gasteiger partial charge in [0, 0.05) is 24.7 Å². The molecule has 0 spiro atoms. The van der Waals surface area contributed by atoms with E-state index in [0.717, 1.165) is 32.1 Å². The molecule has 1 atom stereocenters. The van der Waals surface area contributed by atoms with Crippen molar-refractivity contribution >= 4 is 21.6 Å². The van der Waals surface area contributed by atoms with Gasteiger partial charge in [0.05, 0.1) is 4.90 Å². The molecule has 1 heterocycles. The number of sulfonamides is 1. The number of nitrogens with one attached hydrogen (secondary N) is 1. The number of carbonyl (C=O) groups is 1. The van der Waals surface area contributed by atoms with E-state index in [9.17, 15) is 13.2 Å². The van der Waals surface area contributed by atoms with Crippen LogP contribution in [0.4, 0.5) is 5.69 Å². The van der Waals surface area contributed by atoms with Crippen molar-refractivity contribution in [3.63, 3.8) is 0 Å². The fourth-order valence-electron chi connectivity index (χ4n) is 3.09. The molecule has 0 aromatic heterocycles. The van der Waals surface area contributed by atoms with Crippen molar-refractivity contribution in [2.24, 2.45) is 5.92 Å². The van der Waals surface area contributed by atoms with E-state index in [-0.39, 0.29) is 16.7 Å². The van der Waals surface area contributed by atoms with E-state index in [1.165, 1.54) is 4.31 Å². The summed E-state index contributed by atoms with van der Waals surface area (Å²) in [7, 11) is -3.45. The number of allylic oxidation sites excluding steroid dienone is 2. The van der Waals surface area contributed by atoms with Crippen molar-refractivity contribution in [1.29, 1.82) is 0 Å². The highest BCUT2D eigenvalue weighted by atomic mass is 32.2. The van der Waals surface area contributed by atoms with E-state index in [1.54, 1.807) is 24.3 Å².